The Morgan fingerprint density at radius 1 is 1.05 bits per heavy atom. The van der Waals surface area contributed by atoms with Crippen LogP contribution in [0.1, 0.15) is 11.1 Å². The van der Waals surface area contributed by atoms with Crippen molar-refractivity contribution in [3.8, 4) is 0 Å². The number of hydrogen-bond donors (Lipinski definition) is 2. The van der Waals surface area contributed by atoms with E-state index < -0.39 is 0 Å². The third-order valence-electron chi connectivity index (χ3n) is 3.48. The molecule has 3 rings (SSSR count). The summed E-state index contributed by atoms with van der Waals surface area (Å²) >= 11 is 0. The summed E-state index contributed by atoms with van der Waals surface area (Å²) in [5, 5.41) is 15.2. The molecule has 0 atom stereocenters. The molecular formula is C16H15N3O2. The first-order chi connectivity index (χ1) is 10.2. The van der Waals surface area contributed by atoms with E-state index in [-0.39, 0.29) is 10.6 Å². The van der Waals surface area contributed by atoms with E-state index in [0.717, 1.165) is 17.6 Å². The Labute approximate surface area is 121 Å². The maximum absolute atomic E-state index is 10.6. The van der Waals surface area contributed by atoms with E-state index in [2.05, 4.69) is 28.5 Å². The van der Waals surface area contributed by atoms with Gasteiger partial charge in [-0.15, -0.1) is 0 Å². The predicted octanol–water partition coefficient (Wildman–Crippen LogP) is 3.37. The summed E-state index contributed by atoms with van der Waals surface area (Å²) in [6.45, 7) is 1.44. The minimum atomic E-state index is -0.385. The van der Waals surface area contributed by atoms with Crippen LogP contribution < -0.4 is 5.32 Å². The molecule has 2 aromatic carbocycles. The van der Waals surface area contributed by atoms with Crippen LogP contribution in [0.25, 0.3) is 10.9 Å². The molecule has 2 N–H and O–H groups in total. The highest BCUT2D eigenvalue weighted by atomic mass is 16.6. The third-order valence-corrected chi connectivity index (χ3v) is 3.48. The van der Waals surface area contributed by atoms with E-state index in [1.54, 1.807) is 12.1 Å². The molecule has 1 aromatic heterocycles. The molecule has 0 aliphatic carbocycles. The Bertz CT molecular complexity index is 763. The number of nitro groups is 1. The van der Waals surface area contributed by atoms with Gasteiger partial charge in [-0.05, 0) is 23.3 Å². The average molecular weight is 281 g/mol. The van der Waals surface area contributed by atoms with Crippen molar-refractivity contribution in [1.82, 2.24) is 10.3 Å². The largest absolute Gasteiger partial charge is 0.361 e. The first-order valence-corrected chi connectivity index (χ1v) is 6.73. The van der Waals surface area contributed by atoms with Gasteiger partial charge in [-0.2, -0.15) is 0 Å². The van der Waals surface area contributed by atoms with Gasteiger partial charge >= 0.3 is 0 Å². The molecule has 5 heteroatoms. The molecule has 106 valence electrons. The average Bonchev–Trinajstić information content (AvgIpc) is 2.97. The minimum absolute atomic E-state index is 0.121. The van der Waals surface area contributed by atoms with E-state index in [1.807, 2.05) is 12.3 Å². The number of aromatic nitrogens is 1. The first-order valence-electron chi connectivity index (χ1n) is 6.73. The van der Waals surface area contributed by atoms with Gasteiger partial charge in [0.05, 0.1) is 4.92 Å². The van der Waals surface area contributed by atoms with Crippen molar-refractivity contribution in [3.63, 3.8) is 0 Å². The number of nitrogens with zero attached hydrogens (tertiary/aromatic N) is 1. The zero-order chi connectivity index (χ0) is 14.7. The second-order valence-corrected chi connectivity index (χ2v) is 4.88. The van der Waals surface area contributed by atoms with Gasteiger partial charge in [0, 0.05) is 42.3 Å². The molecule has 0 aliphatic heterocycles. The van der Waals surface area contributed by atoms with E-state index in [0.29, 0.717) is 6.54 Å². The molecule has 0 bridgehead atoms. The number of benzene rings is 2. The van der Waals surface area contributed by atoms with E-state index in [4.69, 9.17) is 0 Å². The number of aromatic amines is 1. The van der Waals surface area contributed by atoms with Gasteiger partial charge in [0.25, 0.3) is 5.69 Å². The zero-order valence-corrected chi connectivity index (χ0v) is 11.4. The van der Waals surface area contributed by atoms with Crippen LogP contribution in [0.15, 0.2) is 54.7 Å². The number of fused-ring (bicyclic) bond motifs is 1. The van der Waals surface area contributed by atoms with Gasteiger partial charge in [0.2, 0.25) is 0 Å². The van der Waals surface area contributed by atoms with Crippen molar-refractivity contribution < 1.29 is 4.92 Å². The standard InChI is InChI=1S/C16H15N3O2/c20-19(21)14-6-4-12(5-7-14)10-17-11-13-2-1-3-16-15(13)8-9-18-16/h1-9,17-18H,10-11H2. The van der Waals surface area contributed by atoms with Crippen LogP contribution in [-0.4, -0.2) is 9.91 Å². The van der Waals surface area contributed by atoms with Crippen molar-refractivity contribution in [2.75, 3.05) is 0 Å². The zero-order valence-electron chi connectivity index (χ0n) is 11.4. The van der Waals surface area contributed by atoms with Gasteiger partial charge in [0.15, 0.2) is 0 Å². The highest BCUT2D eigenvalue weighted by Gasteiger charge is 2.04. The Kier molecular flexibility index (Phi) is 3.66. The molecule has 0 aliphatic rings. The maximum atomic E-state index is 10.6. The summed E-state index contributed by atoms with van der Waals surface area (Å²) in [5.41, 5.74) is 3.51. The molecule has 0 saturated heterocycles. The van der Waals surface area contributed by atoms with Gasteiger partial charge in [-0.1, -0.05) is 24.3 Å². The number of nitrogens with one attached hydrogen (secondary N) is 2. The lowest BCUT2D eigenvalue weighted by Gasteiger charge is -2.06. The fourth-order valence-electron chi connectivity index (χ4n) is 2.38. The summed E-state index contributed by atoms with van der Waals surface area (Å²) in [4.78, 5) is 13.4. The maximum Gasteiger partial charge on any atom is 0.269 e. The Morgan fingerprint density at radius 3 is 2.62 bits per heavy atom. The van der Waals surface area contributed by atoms with Crippen LogP contribution in [0.2, 0.25) is 0 Å². The molecule has 0 spiro atoms. The van der Waals surface area contributed by atoms with E-state index in [1.165, 1.54) is 23.1 Å². The minimum Gasteiger partial charge on any atom is -0.361 e. The summed E-state index contributed by atoms with van der Waals surface area (Å²) in [7, 11) is 0. The highest BCUT2D eigenvalue weighted by Crippen LogP contribution is 2.17. The van der Waals surface area contributed by atoms with E-state index in [9.17, 15) is 10.1 Å². The Balaban J connectivity index is 1.63. The molecule has 0 radical (unpaired) electrons. The highest BCUT2D eigenvalue weighted by molar-refractivity contribution is 5.82. The van der Waals surface area contributed by atoms with Crippen LogP contribution in [-0.2, 0) is 13.1 Å². The third kappa shape index (κ3) is 2.93. The van der Waals surface area contributed by atoms with Crippen molar-refractivity contribution in [3.05, 3.63) is 76.0 Å². The number of H-pyrrole nitrogens is 1. The van der Waals surface area contributed by atoms with Crippen molar-refractivity contribution in [2.45, 2.75) is 13.1 Å². The van der Waals surface area contributed by atoms with Crippen molar-refractivity contribution in [2.24, 2.45) is 0 Å². The summed E-state index contributed by atoms with van der Waals surface area (Å²) in [6.07, 6.45) is 1.94. The predicted molar refractivity (Wildman–Crippen MR) is 81.9 cm³/mol. The molecule has 0 unspecified atom stereocenters. The normalized spacial score (nSPS) is 10.9. The summed E-state index contributed by atoms with van der Waals surface area (Å²) < 4.78 is 0. The number of non-ortho nitro benzene ring substituents is 1. The molecule has 0 amide bonds. The fraction of sp³-hybridized carbons (Fsp3) is 0.125. The second-order valence-electron chi connectivity index (χ2n) is 4.88. The van der Waals surface area contributed by atoms with Gasteiger partial charge in [0.1, 0.15) is 0 Å². The van der Waals surface area contributed by atoms with Crippen molar-refractivity contribution >= 4 is 16.6 Å². The van der Waals surface area contributed by atoms with Gasteiger partial charge < -0.3 is 10.3 Å². The lowest BCUT2D eigenvalue weighted by atomic mass is 10.1. The number of rotatable bonds is 5. The van der Waals surface area contributed by atoms with Crippen LogP contribution in [0.3, 0.4) is 0 Å². The van der Waals surface area contributed by atoms with Crippen LogP contribution >= 0.6 is 0 Å². The molecular weight excluding hydrogens is 266 g/mol. The monoisotopic (exact) mass is 281 g/mol. The smallest absolute Gasteiger partial charge is 0.269 e. The Morgan fingerprint density at radius 2 is 1.86 bits per heavy atom. The van der Waals surface area contributed by atoms with Crippen LogP contribution in [0, 0.1) is 10.1 Å². The second kappa shape index (κ2) is 5.76. The Hall–Kier alpha value is -2.66. The van der Waals surface area contributed by atoms with Crippen LogP contribution in [0.5, 0.6) is 0 Å². The topological polar surface area (TPSA) is 71.0 Å². The fourth-order valence-corrected chi connectivity index (χ4v) is 2.38. The van der Waals surface area contributed by atoms with Crippen molar-refractivity contribution in [1.29, 1.82) is 0 Å². The summed E-state index contributed by atoms with van der Waals surface area (Å²) in [6, 6.07) is 14.9. The lowest BCUT2D eigenvalue weighted by molar-refractivity contribution is -0.384. The molecule has 0 fully saturated rings. The SMILES string of the molecule is O=[N+]([O-])c1ccc(CNCc2cccc3[nH]ccc23)cc1. The van der Waals surface area contributed by atoms with Gasteiger partial charge in [-0.3, -0.25) is 10.1 Å². The molecule has 21 heavy (non-hydrogen) atoms. The number of nitro benzene ring substituents is 1. The molecule has 3 aromatic rings. The van der Waals surface area contributed by atoms with Crippen LogP contribution in [0.4, 0.5) is 5.69 Å². The lowest BCUT2D eigenvalue weighted by Crippen LogP contribution is -2.12. The molecule has 5 nitrogen and oxygen atoms in total. The summed E-state index contributed by atoms with van der Waals surface area (Å²) in [5.74, 6) is 0. The first kappa shape index (κ1) is 13.3. The molecule has 1 heterocycles. The number of hydrogen-bond acceptors (Lipinski definition) is 3. The van der Waals surface area contributed by atoms with E-state index >= 15 is 0 Å². The van der Waals surface area contributed by atoms with Gasteiger partial charge in [-0.25, -0.2) is 0 Å². The molecule has 0 saturated carbocycles. The quantitative estimate of drug-likeness (QED) is 0.556.